The van der Waals surface area contributed by atoms with Crippen LogP contribution in [0.1, 0.15) is 25.7 Å². The molecule has 0 radical (unpaired) electrons. The Morgan fingerprint density at radius 3 is 2.78 bits per heavy atom. The molecular formula is C19H23N5O3. The number of carbonyl (C=O) groups excluding carboxylic acids is 1. The number of carbonyl (C=O) groups is 1. The van der Waals surface area contributed by atoms with E-state index in [1.807, 2.05) is 42.1 Å². The molecule has 2 N–H and O–H groups in total. The summed E-state index contributed by atoms with van der Waals surface area (Å²) >= 11 is 0. The Labute approximate surface area is 157 Å². The molecule has 3 aromatic rings. The average Bonchev–Trinajstić information content (AvgIpc) is 3.30. The van der Waals surface area contributed by atoms with Gasteiger partial charge >= 0.3 is 6.03 Å². The van der Waals surface area contributed by atoms with Crippen molar-refractivity contribution in [3.8, 4) is 17.3 Å². The first kappa shape index (κ1) is 18.5. The molecular weight excluding hydrogens is 346 g/mol. The fourth-order valence-corrected chi connectivity index (χ4v) is 2.42. The topological polar surface area (TPSA) is 94.2 Å². The van der Waals surface area contributed by atoms with Gasteiger partial charge in [0.15, 0.2) is 0 Å². The predicted octanol–water partition coefficient (Wildman–Crippen LogP) is 3.58. The molecule has 27 heavy (non-hydrogen) atoms. The van der Waals surface area contributed by atoms with E-state index in [4.69, 9.17) is 9.26 Å². The lowest BCUT2D eigenvalue weighted by molar-refractivity contribution is 0.249. The summed E-state index contributed by atoms with van der Waals surface area (Å²) in [5.74, 6) is 1.60. The normalized spacial score (nSPS) is 10.6. The third kappa shape index (κ3) is 5.10. The summed E-state index contributed by atoms with van der Waals surface area (Å²) in [5, 5.41) is 9.37. The van der Waals surface area contributed by atoms with Gasteiger partial charge in [-0.25, -0.2) is 4.79 Å². The maximum Gasteiger partial charge on any atom is 0.319 e. The minimum atomic E-state index is -0.353. The van der Waals surface area contributed by atoms with Crippen molar-refractivity contribution in [2.75, 3.05) is 11.9 Å². The maximum atomic E-state index is 12.0. The van der Waals surface area contributed by atoms with E-state index < -0.39 is 0 Å². The van der Waals surface area contributed by atoms with E-state index in [0.29, 0.717) is 24.0 Å². The van der Waals surface area contributed by atoms with Gasteiger partial charge in [0.1, 0.15) is 5.75 Å². The van der Waals surface area contributed by atoms with Gasteiger partial charge in [-0.1, -0.05) is 18.5 Å². The summed E-state index contributed by atoms with van der Waals surface area (Å²) in [6.07, 6.45) is 4.01. The van der Waals surface area contributed by atoms with Crippen molar-refractivity contribution in [3.63, 3.8) is 0 Å². The van der Waals surface area contributed by atoms with Crippen molar-refractivity contribution < 1.29 is 14.1 Å². The molecule has 0 aliphatic rings. The lowest BCUT2D eigenvalue weighted by Crippen LogP contribution is -2.28. The first-order chi connectivity index (χ1) is 13.2. The van der Waals surface area contributed by atoms with E-state index in [1.54, 1.807) is 12.1 Å². The zero-order chi connectivity index (χ0) is 19.1. The number of amides is 2. The Kier molecular flexibility index (Phi) is 6.09. The molecule has 0 aliphatic carbocycles. The summed E-state index contributed by atoms with van der Waals surface area (Å²) in [4.78, 5) is 16.3. The lowest BCUT2D eigenvalue weighted by atomic mass is 10.3. The quantitative estimate of drug-likeness (QED) is 0.592. The van der Waals surface area contributed by atoms with Gasteiger partial charge in [-0.2, -0.15) is 4.98 Å². The number of ether oxygens (including phenoxy) is 1. The Bertz CT molecular complexity index is 870. The number of anilines is 1. The Balaban J connectivity index is 1.47. The number of benzene rings is 1. The fourth-order valence-electron chi connectivity index (χ4n) is 2.42. The smallest absolute Gasteiger partial charge is 0.319 e. The molecule has 2 heterocycles. The SMILES string of the molecule is CCCCOc1ccc(NC(=O)NCc2nc(-c3cccn3C)no2)cc1. The molecule has 8 heteroatoms. The van der Waals surface area contributed by atoms with Crippen LogP contribution in [0.3, 0.4) is 0 Å². The molecule has 1 aromatic carbocycles. The monoisotopic (exact) mass is 369 g/mol. The van der Waals surface area contributed by atoms with E-state index in [2.05, 4.69) is 27.7 Å². The standard InChI is InChI=1S/C19H23N5O3/c1-3-4-12-26-15-9-7-14(8-10-15)21-19(25)20-13-17-22-18(23-27-17)16-6-5-11-24(16)2/h5-11H,3-4,12-13H2,1-2H3,(H2,20,21,25). The second kappa shape index (κ2) is 8.88. The summed E-state index contributed by atoms with van der Waals surface area (Å²) in [6.45, 7) is 2.95. The molecule has 0 saturated heterocycles. The van der Waals surface area contributed by atoms with Crippen LogP contribution in [0.2, 0.25) is 0 Å². The van der Waals surface area contributed by atoms with Crippen LogP contribution < -0.4 is 15.4 Å². The zero-order valence-corrected chi connectivity index (χ0v) is 15.4. The molecule has 0 spiro atoms. The van der Waals surface area contributed by atoms with E-state index >= 15 is 0 Å². The number of nitrogens with zero attached hydrogens (tertiary/aromatic N) is 3. The Morgan fingerprint density at radius 1 is 1.26 bits per heavy atom. The molecule has 8 nitrogen and oxygen atoms in total. The minimum Gasteiger partial charge on any atom is -0.494 e. The Morgan fingerprint density at radius 2 is 2.07 bits per heavy atom. The number of nitrogens with one attached hydrogen (secondary N) is 2. The number of aromatic nitrogens is 3. The average molecular weight is 369 g/mol. The van der Waals surface area contributed by atoms with Gasteiger partial charge in [0.05, 0.1) is 18.8 Å². The van der Waals surface area contributed by atoms with Crippen molar-refractivity contribution in [2.24, 2.45) is 7.05 Å². The van der Waals surface area contributed by atoms with Gasteiger partial charge in [0.2, 0.25) is 11.7 Å². The molecule has 142 valence electrons. The number of urea groups is 1. The number of hydrogen-bond acceptors (Lipinski definition) is 5. The highest BCUT2D eigenvalue weighted by molar-refractivity contribution is 5.89. The predicted molar refractivity (Wildman–Crippen MR) is 101 cm³/mol. The summed E-state index contributed by atoms with van der Waals surface area (Å²) in [7, 11) is 1.90. The van der Waals surface area contributed by atoms with Crippen LogP contribution >= 0.6 is 0 Å². The molecule has 0 unspecified atom stereocenters. The maximum absolute atomic E-state index is 12.0. The van der Waals surface area contributed by atoms with Crippen molar-refractivity contribution in [1.29, 1.82) is 0 Å². The summed E-state index contributed by atoms with van der Waals surface area (Å²) in [5.41, 5.74) is 1.51. The van der Waals surface area contributed by atoms with Crippen LogP contribution in [0.25, 0.3) is 11.5 Å². The molecule has 3 rings (SSSR count). The van der Waals surface area contributed by atoms with Crippen LogP contribution in [-0.4, -0.2) is 27.3 Å². The second-order valence-electron chi connectivity index (χ2n) is 6.05. The van der Waals surface area contributed by atoms with Crippen molar-refractivity contribution in [1.82, 2.24) is 20.0 Å². The molecule has 0 bridgehead atoms. The summed E-state index contributed by atoms with van der Waals surface area (Å²) in [6, 6.07) is 10.7. The van der Waals surface area contributed by atoms with Gasteiger partial charge in [-0.15, -0.1) is 0 Å². The first-order valence-corrected chi connectivity index (χ1v) is 8.87. The molecule has 2 amide bonds. The number of aryl methyl sites for hydroxylation is 1. The Hall–Kier alpha value is -3.29. The number of hydrogen-bond donors (Lipinski definition) is 2. The molecule has 0 saturated carbocycles. The largest absolute Gasteiger partial charge is 0.494 e. The fraction of sp³-hybridized carbons (Fsp3) is 0.316. The van der Waals surface area contributed by atoms with Gasteiger partial charge < -0.3 is 24.5 Å². The van der Waals surface area contributed by atoms with Crippen molar-refractivity contribution in [2.45, 2.75) is 26.3 Å². The van der Waals surface area contributed by atoms with Crippen LogP contribution in [0.15, 0.2) is 47.1 Å². The van der Waals surface area contributed by atoms with Crippen LogP contribution in [0.4, 0.5) is 10.5 Å². The highest BCUT2D eigenvalue weighted by Gasteiger charge is 2.11. The number of unbranched alkanes of at least 4 members (excludes halogenated alkanes) is 1. The molecule has 2 aromatic heterocycles. The third-order valence-electron chi connectivity index (χ3n) is 3.92. The lowest BCUT2D eigenvalue weighted by Gasteiger charge is -2.08. The number of rotatable bonds is 8. The van der Waals surface area contributed by atoms with Crippen molar-refractivity contribution in [3.05, 3.63) is 48.5 Å². The van der Waals surface area contributed by atoms with Gasteiger partial charge in [0, 0.05) is 18.9 Å². The van der Waals surface area contributed by atoms with Crippen LogP contribution in [-0.2, 0) is 13.6 Å². The molecule has 0 fully saturated rings. The van der Waals surface area contributed by atoms with Gasteiger partial charge in [-0.05, 0) is 42.8 Å². The van der Waals surface area contributed by atoms with E-state index in [1.165, 1.54) is 0 Å². The van der Waals surface area contributed by atoms with Crippen LogP contribution in [0.5, 0.6) is 5.75 Å². The van der Waals surface area contributed by atoms with Gasteiger partial charge in [0.25, 0.3) is 0 Å². The van der Waals surface area contributed by atoms with Crippen LogP contribution in [0, 0.1) is 0 Å². The third-order valence-corrected chi connectivity index (χ3v) is 3.92. The highest BCUT2D eigenvalue weighted by Crippen LogP contribution is 2.17. The highest BCUT2D eigenvalue weighted by atomic mass is 16.5. The summed E-state index contributed by atoms with van der Waals surface area (Å²) < 4.78 is 12.7. The van der Waals surface area contributed by atoms with Gasteiger partial charge in [-0.3, -0.25) is 0 Å². The van der Waals surface area contributed by atoms with Crippen molar-refractivity contribution >= 4 is 11.7 Å². The second-order valence-corrected chi connectivity index (χ2v) is 6.05. The van der Waals surface area contributed by atoms with E-state index in [-0.39, 0.29) is 12.6 Å². The first-order valence-electron chi connectivity index (χ1n) is 8.87. The molecule has 0 atom stereocenters. The minimum absolute atomic E-state index is 0.140. The van der Waals surface area contributed by atoms with E-state index in [0.717, 1.165) is 24.3 Å². The molecule has 0 aliphatic heterocycles. The zero-order valence-electron chi connectivity index (χ0n) is 15.4. The van der Waals surface area contributed by atoms with E-state index in [9.17, 15) is 4.79 Å².